The van der Waals surface area contributed by atoms with Gasteiger partial charge < -0.3 is 14.4 Å². The number of fused-ring (bicyclic) bond motifs is 1. The molecule has 2 aromatic rings. The molecule has 0 aliphatic carbocycles. The van der Waals surface area contributed by atoms with Crippen molar-refractivity contribution in [2.75, 3.05) is 19.7 Å². The molecule has 0 saturated carbocycles. The van der Waals surface area contributed by atoms with Gasteiger partial charge in [-0.05, 0) is 45.6 Å². The van der Waals surface area contributed by atoms with Crippen LogP contribution in [0.1, 0.15) is 33.6 Å². The minimum absolute atomic E-state index is 0.0211. The number of hydrogen-bond donors (Lipinski definition) is 0. The molecule has 1 fully saturated rings. The SMILES string of the molecule is CC(C)(C)OC(=O)N1CCC(COc2cnc3cc([N+](=O)[O-])ccc3n2)CC1. The molecule has 2 heterocycles. The number of aromatic nitrogens is 2. The summed E-state index contributed by atoms with van der Waals surface area (Å²) in [7, 11) is 0. The molecular weight excluding hydrogens is 364 g/mol. The number of nitro benzene ring substituents is 1. The Kier molecular flexibility index (Phi) is 5.62. The van der Waals surface area contributed by atoms with E-state index in [1.54, 1.807) is 11.0 Å². The quantitative estimate of drug-likeness (QED) is 0.582. The van der Waals surface area contributed by atoms with Crippen molar-refractivity contribution in [2.24, 2.45) is 5.92 Å². The molecule has 1 aliphatic rings. The third kappa shape index (κ3) is 5.05. The number of nitrogens with zero attached hydrogens (tertiary/aromatic N) is 4. The van der Waals surface area contributed by atoms with Gasteiger partial charge in [0.25, 0.3) is 5.69 Å². The van der Waals surface area contributed by atoms with E-state index in [-0.39, 0.29) is 11.8 Å². The molecule has 1 aromatic carbocycles. The number of hydrogen-bond acceptors (Lipinski definition) is 7. The molecule has 1 saturated heterocycles. The van der Waals surface area contributed by atoms with Gasteiger partial charge in [0.1, 0.15) is 5.60 Å². The smallest absolute Gasteiger partial charge is 0.410 e. The molecule has 0 bridgehead atoms. The molecule has 1 aromatic heterocycles. The highest BCUT2D eigenvalue weighted by atomic mass is 16.6. The highest BCUT2D eigenvalue weighted by molar-refractivity contribution is 5.77. The number of piperidine rings is 1. The highest BCUT2D eigenvalue weighted by Gasteiger charge is 2.27. The first-order valence-corrected chi connectivity index (χ1v) is 9.23. The van der Waals surface area contributed by atoms with Crippen molar-refractivity contribution in [3.05, 3.63) is 34.5 Å². The minimum Gasteiger partial charge on any atom is -0.476 e. The predicted molar refractivity (Wildman–Crippen MR) is 102 cm³/mol. The van der Waals surface area contributed by atoms with Crippen molar-refractivity contribution in [3.63, 3.8) is 0 Å². The van der Waals surface area contributed by atoms with E-state index in [1.165, 1.54) is 18.3 Å². The van der Waals surface area contributed by atoms with Gasteiger partial charge in [-0.25, -0.2) is 14.8 Å². The standard InChI is InChI=1S/C19H24N4O5/c1-19(2,3)28-18(24)22-8-6-13(7-9-22)12-27-17-11-20-16-10-14(23(25)26)4-5-15(16)21-17/h4-5,10-11,13H,6-9,12H2,1-3H3. The third-order valence-corrected chi connectivity index (χ3v) is 4.45. The molecule has 0 spiro atoms. The maximum Gasteiger partial charge on any atom is 0.410 e. The molecule has 9 nitrogen and oxygen atoms in total. The molecule has 1 amide bonds. The maximum absolute atomic E-state index is 12.1. The second-order valence-electron chi connectivity index (χ2n) is 7.86. The molecule has 150 valence electrons. The van der Waals surface area contributed by atoms with Crippen LogP contribution in [-0.2, 0) is 4.74 Å². The Labute approximate surface area is 162 Å². The molecule has 0 N–H and O–H groups in total. The number of likely N-dealkylation sites (tertiary alicyclic amines) is 1. The van der Waals surface area contributed by atoms with E-state index >= 15 is 0 Å². The summed E-state index contributed by atoms with van der Waals surface area (Å²) in [5.41, 5.74) is 0.481. The first-order chi connectivity index (χ1) is 13.2. The molecule has 0 unspecified atom stereocenters. The number of benzene rings is 1. The van der Waals surface area contributed by atoms with E-state index in [1.807, 2.05) is 20.8 Å². The van der Waals surface area contributed by atoms with Crippen molar-refractivity contribution in [2.45, 2.75) is 39.2 Å². The number of nitro groups is 1. The van der Waals surface area contributed by atoms with Gasteiger partial charge >= 0.3 is 6.09 Å². The molecule has 0 atom stereocenters. The van der Waals surface area contributed by atoms with Gasteiger partial charge in [0.15, 0.2) is 0 Å². The lowest BCUT2D eigenvalue weighted by Crippen LogP contribution is -2.42. The topological polar surface area (TPSA) is 108 Å². The Morgan fingerprint density at radius 1 is 1.29 bits per heavy atom. The summed E-state index contributed by atoms with van der Waals surface area (Å²) in [6.07, 6.45) is 2.85. The van der Waals surface area contributed by atoms with Crippen molar-refractivity contribution in [3.8, 4) is 5.88 Å². The summed E-state index contributed by atoms with van der Waals surface area (Å²) in [5, 5.41) is 10.8. The largest absolute Gasteiger partial charge is 0.476 e. The monoisotopic (exact) mass is 388 g/mol. The van der Waals surface area contributed by atoms with Crippen LogP contribution in [0.3, 0.4) is 0 Å². The second-order valence-corrected chi connectivity index (χ2v) is 7.86. The van der Waals surface area contributed by atoms with Crippen LogP contribution in [0.4, 0.5) is 10.5 Å². The van der Waals surface area contributed by atoms with Crippen LogP contribution in [0.25, 0.3) is 11.0 Å². The molecule has 0 radical (unpaired) electrons. The Morgan fingerprint density at radius 2 is 2.00 bits per heavy atom. The fourth-order valence-electron chi connectivity index (χ4n) is 2.98. The van der Waals surface area contributed by atoms with Gasteiger partial charge in [0, 0.05) is 25.2 Å². The fraction of sp³-hybridized carbons (Fsp3) is 0.526. The lowest BCUT2D eigenvalue weighted by Gasteiger charge is -2.33. The van der Waals surface area contributed by atoms with Crippen LogP contribution in [0.2, 0.25) is 0 Å². The second kappa shape index (κ2) is 7.95. The summed E-state index contributed by atoms with van der Waals surface area (Å²) in [4.78, 5) is 32.7. The zero-order valence-electron chi connectivity index (χ0n) is 16.3. The Morgan fingerprint density at radius 3 is 2.64 bits per heavy atom. The summed E-state index contributed by atoms with van der Waals surface area (Å²) in [6, 6.07) is 4.35. The Balaban J connectivity index is 1.52. The third-order valence-electron chi connectivity index (χ3n) is 4.45. The van der Waals surface area contributed by atoms with Gasteiger partial charge in [0.2, 0.25) is 5.88 Å². The van der Waals surface area contributed by atoms with Gasteiger partial charge in [-0.15, -0.1) is 0 Å². The lowest BCUT2D eigenvalue weighted by molar-refractivity contribution is -0.384. The fourth-order valence-corrected chi connectivity index (χ4v) is 2.98. The van der Waals surface area contributed by atoms with Gasteiger partial charge in [-0.1, -0.05) is 0 Å². The number of amides is 1. The van der Waals surface area contributed by atoms with E-state index < -0.39 is 10.5 Å². The Hall–Kier alpha value is -2.97. The summed E-state index contributed by atoms with van der Waals surface area (Å²) in [5.74, 6) is 0.698. The summed E-state index contributed by atoms with van der Waals surface area (Å²) >= 11 is 0. The molecule has 1 aliphatic heterocycles. The number of rotatable bonds is 4. The zero-order valence-corrected chi connectivity index (χ0v) is 16.3. The van der Waals surface area contributed by atoms with Crippen LogP contribution in [-0.4, -0.2) is 51.2 Å². The number of carbonyl (C=O) groups is 1. The van der Waals surface area contributed by atoms with Crippen LogP contribution in [0.5, 0.6) is 5.88 Å². The minimum atomic E-state index is -0.494. The van der Waals surface area contributed by atoms with E-state index in [2.05, 4.69) is 9.97 Å². The van der Waals surface area contributed by atoms with E-state index in [9.17, 15) is 14.9 Å². The number of carbonyl (C=O) groups excluding carboxylic acids is 1. The van der Waals surface area contributed by atoms with Crippen molar-refractivity contribution >= 4 is 22.8 Å². The molecular formula is C19H24N4O5. The molecule has 3 rings (SSSR count). The normalized spacial score (nSPS) is 15.5. The van der Waals surface area contributed by atoms with Gasteiger partial charge in [0.05, 0.1) is 28.8 Å². The predicted octanol–water partition coefficient (Wildman–Crippen LogP) is 3.56. The van der Waals surface area contributed by atoms with Crippen LogP contribution >= 0.6 is 0 Å². The van der Waals surface area contributed by atoms with Crippen LogP contribution in [0.15, 0.2) is 24.4 Å². The Bertz CT molecular complexity index is 872. The molecule has 9 heteroatoms. The summed E-state index contributed by atoms with van der Waals surface area (Å²) < 4.78 is 11.2. The van der Waals surface area contributed by atoms with E-state index in [4.69, 9.17) is 9.47 Å². The number of non-ortho nitro benzene ring substituents is 1. The number of ether oxygens (including phenoxy) is 2. The van der Waals surface area contributed by atoms with Gasteiger partial charge in [-0.3, -0.25) is 10.1 Å². The maximum atomic E-state index is 12.1. The first kappa shape index (κ1) is 19.8. The lowest BCUT2D eigenvalue weighted by atomic mass is 9.98. The van der Waals surface area contributed by atoms with E-state index in [0.717, 1.165) is 12.8 Å². The summed E-state index contributed by atoms with van der Waals surface area (Å²) in [6.45, 7) is 7.32. The van der Waals surface area contributed by atoms with Crippen molar-refractivity contribution in [1.82, 2.24) is 14.9 Å². The van der Waals surface area contributed by atoms with Crippen molar-refractivity contribution < 1.29 is 19.2 Å². The first-order valence-electron chi connectivity index (χ1n) is 9.23. The van der Waals surface area contributed by atoms with E-state index in [0.29, 0.717) is 42.5 Å². The van der Waals surface area contributed by atoms with Crippen molar-refractivity contribution in [1.29, 1.82) is 0 Å². The molecule has 28 heavy (non-hydrogen) atoms. The average Bonchev–Trinajstić information content (AvgIpc) is 2.64. The zero-order chi connectivity index (χ0) is 20.3. The van der Waals surface area contributed by atoms with Gasteiger partial charge in [-0.2, -0.15) is 0 Å². The van der Waals surface area contributed by atoms with Crippen LogP contribution in [0, 0.1) is 16.0 Å². The van der Waals surface area contributed by atoms with Crippen LogP contribution < -0.4 is 4.74 Å². The highest BCUT2D eigenvalue weighted by Crippen LogP contribution is 2.22. The average molecular weight is 388 g/mol.